The van der Waals surface area contributed by atoms with Crippen LogP contribution in [0, 0.1) is 0 Å². The van der Waals surface area contributed by atoms with Gasteiger partial charge in [-0.15, -0.1) is 0 Å². The van der Waals surface area contributed by atoms with Crippen molar-refractivity contribution in [3.63, 3.8) is 0 Å². The lowest BCUT2D eigenvalue weighted by atomic mass is 10.1. The maximum absolute atomic E-state index is 12.7. The van der Waals surface area contributed by atoms with E-state index in [0.29, 0.717) is 31.9 Å². The Hall–Kier alpha value is -3.28. The van der Waals surface area contributed by atoms with Crippen molar-refractivity contribution in [2.45, 2.75) is 25.9 Å². The first-order valence-electron chi connectivity index (χ1n) is 10.4. The maximum atomic E-state index is 12.7. The summed E-state index contributed by atoms with van der Waals surface area (Å²) in [6.45, 7) is 4.19. The molecule has 1 unspecified atom stereocenters. The quantitative estimate of drug-likeness (QED) is 0.689. The van der Waals surface area contributed by atoms with Crippen molar-refractivity contribution in [3.05, 3.63) is 60.2 Å². The van der Waals surface area contributed by atoms with Gasteiger partial charge in [0.05, 0.1) is 6.54 Å². The van der Waals surface area contributed by atoms with E-state index in [1.165, 1.54) is 0 Å². The summed E-state index contributed by atoms with van der Waals surface area (Å²) in [5.41, 5.74) is 1.83. The highest BCUT2D eigenvalue weighted by Crippen LogP contribution is 2.31. The minimum atomic E-state index is -0.200. The molecule has 2 aromatic carbocycles. The van der Waals surface area contributed by atoms with Gasteiger partial charge in [0, 0.05) is 31.3 Å². The van der Waals surface area contributed by atoms with Gasteiger partial charge in [-0.05, 0) is 49.2 Å². The van der Waals surface area contributed by atoms with E-state index >= 15 is 0 Å². The van der Waals surface area contributed by atoms with Gasteiger partial charge in [0.25, 0.3) is 0 Å². The van der Waals surface area contributed by atoms with Crippen LogP contribution in [0.3, 0.4) is 0 Å². The minimum absolute atomic E-state index is 0.0706. The molecule has 2 aliphatic rings. The van der Waals surface area contributed by atoms with Crippen LogP contribution in [0.2, 0.25) is 0 Å². The number of para-hydroxylation sites is 2. The summed E-state index contributed by atoms with van der Waals surface area (Å²) in [6, 6.07) is 15.3. The summed E-state index contributed by atoms with van der Waals surface area (Å²) in [4.78, 5) is 28.1. The van der Waals surface area contributed by atoms with Crippen LogP contribution in [0.4, 0.5) is 5.69 Å². The van der Waals surface area contributed by atoms with Crippen molar-refractivity contribution in [2.24, 2.45) is 0 Å². The zero-order valence-corrected chi connectivity index (χ0v) is 17.1. The molecule has 0 bridgehead atoms. The Morgan fingerprint density at radius 3 is 2.63 bits per heavy atom. The molecule has 0 N–H and O–H groups in total. The highest BCUT2D eigenvalue weighted by atomic mass is 16.6. The van der Waals surface area contributed by atoms with Crippen molar-refractivity contribution < 1.29 is 19.1 Å². The number of carbonyl (C=O) groups is 2. The monoisotopic (exact) mass is 406 g/mol. The zero-order chi connectivity index (χ0) is 20.9. The highest BCUT2D eigenvalue weighted by molar-refractivity contribution is 5.95. The van der Waals surface area contributed by atoms with E-state index in [1.54, 1.807) is 17.1 Å². The molecule has 0 aromatic heterocycles. The number of anilines is 1. The number of likely N-dealkylation sites (N-methyl/N-ethyl adjacent to an activating group) is 1. The largest absolute Gasteiger partial charge is 0.486 e. The smallest absolute Gasteiger partial charge is 0.246 e. The van der Waals surface area contributed by atoms with Crippen LogP contribution in [0.25, 0.3) is 6.08 Å². The SMILES string of the molecule is CCN(CC1COc2ccccc2O1)C(=O)/C=C/c1ccc(N2CCCC2=O)cc1. The summed E-state index contributed by atoms with van der Waals surface area (Å²) < 4.78 is 11.7. The summed E-state index contributed by atoms with van der Waals surface area (Å²) >= 11 is 0. The Morgan fingerprint density at radius 1 is 1.17 bits per heavy atom. The average molecular weight is 406 g/mol. The molecule has 6 nitrogen and oxygen atoms in total. The first kappa shape index (κ1) is 20.0. The van der Waals surface area contributed by atoms with Gasteiger partial charge >= 0.3 is 0 Å². The molecule has 2 aromatic rings. The van der Waals surface area contributed by atoms with Crippen molar-refractivity contribution in [3.8, 4) is 11.5 Å². The lowest BCUT2D eigenvalue weighted by Gasteiger charge is -2.30. The molecule has 0 aliphatic carbocycles. The summed E-state index contributed by atoms with van der Waals surface area (Å²) in [5, 5.41) is 0. The van der Waals surface area contributed by atoms with Crippen molar-refractivity contribution >= 4 is 23.6 Å². The van der Waals surface area contributed by atoms with Gasteiger partial charge in [0.2, 0.25) is 11.8 Å². The Balaban J connectivity index is 1.35. The number of ether oxygens (including phenoxy) is 2. The van der Waals surface area contributed by atoms with Gasteiger partial charge < -0.3 is 19.3 Å². The van der Waals surface area contributed by atoms with E-state index in [0.717, 1.165) is 30.0 Å². The summed E-state index contributed by atoms with van der Waals surface area (Å²) in [5.74, 6) is 1.55. The minimum Gasteiger partial charge on any atom is -0.486 e. The standard InChI is InChI=1S/C24H26N2O4/c1-2-25(16-20-17-29-21-6-3-4-7-22(21)30-20)23(27)14-11-18-9-12-19(13-10-18)26-15-5-8-24(26)28/h3-4,6-7,9-14,20H,2,5,8,15-17H2,1H3/b14-11+. The van der Waals surface area contributed by atoms with Crippen LogP contribution in [-0.2, 0) is 9.59 Å². The second-order valence-corrected chi connectivity index (χ2v) is 7.45. The van der Waals surface area contributed by atoms with Gasteiger partial charge in [0.15, 0.2) is 17.6 Å². The third kappa shape index (κ3) is 4.48. The van der Waals surface area contributed by atoms with E-state index in [2.05, 4.69) is 0 Å². The molecular weight excluding hydrogens is 380 g/mol. The van der Waals surface area contributed by atoms with E-state index in [-0.39, 0.29) is 17.9 Å². The van der Waals surface area contributed by atoms with Crippen LogP contribution in [-0.4, -0.2) is 49.1 Å². The van der Waals surface area contributed by atoms with Gasteiger partial charge in [0.1, 0.15) is 6.61 Å². The summed E-state index contributed by atoms with van der Waals surface area (Å²) in [6.07, 6.45) is 4.70. The lowest BCUT2D eigenvalue weighted by Crippen LogP contribution is -2.43. The van der Waals surface area contributed by atoms with Crippen molar-refractivity contribution in [1.82, 2.24) is 4.90 Å². The summed E-state index contributed by atoms with van der Waals surface area (Å²) in [7, 11) is 0. The number of rotatable bonds is 6. The van der Waals surface area contributed by atoms with Gasteiger partial charge in [-0.3, -0.25) is 9.59 Å². The van der Waals surface area contributed by atoms with Crippen LogP contribution >= 0.6 is 0 Å². The number of carbonyl (C=O) groups excluding carboxylic acids is 2. The third-order valence-corrected chi connectivity index (χ3v) is 5.38. The van der Waals surface area contributed by atoms with Crippen molar-refractivity contribution in [1.29, 1.82) is 0 Å². The molecule has 4 rings (SSSR count). The highest BCUT2D eigenvalue weighted by Gasteiger charge is 2.24. The Morgan fingerprint density at radius 2 is 1.93 bits per heavy atom. The number of nitrogens with zero attached hydrogens (tertiary/aromatic N) is 2. The molecule has 1 atom stereocenters. The molecular formula is C24H26N2O4. The number of fused-ring (bicyclic) bond motifs is 1. The molecule has 1 fully saturated rings. The Bertz CT molecular complexity index is 938. The molecule has 1 saturated heterocycles. The van der Waals surface area contributed by atoms with E-state index < -0.39 is 0 Å². The normalized spacial score (nSPS) is 18.1. The predicted octanol–water partition coefficient (Wildman–Crippen LogP) is 3.52. The fourth-order valence-corrected chi connectivity index (χ4v) is 3.73. The van der Waals surface area contributed by atoms with E-state index in [4.69, 9.17) is 9.47 Å². The third-order valence-electron chi connectivity index (χ3n) is 5.38. The average Bonchev–Trinajstić information content (AvgIpc) is 3.22. The zero-order valence-electron chi connectivity index (χ0n) is 17.1. The van der Waals surface area contributed by atoms with Crippen LogP contribution in [0.1, 0.15) is 25.3 Å². The van der Waals surface area contributed by atoms with Crippen molar-refractivity contribution in [2.75, 3.05) is 31.1 Å². The molecule has 6 heteroatoms. The molecule has 30 heavy (non-hydrogen) atoms. The molecule has 0 spiro atoms. The molecule has 0 saturated carbocycles. The van der Waals surface area contributed by atoms with Gasteiger partial charge in [-0.25, -0.2) is 0 Å². The lowest BCUT2D eigenvalue weighted by molar-refractivity contribution is -0.127. The van der Waals surface area contributed by atoms with E-state index in [9.17, 15) is 9.59 Å². The van der Waals surface area contributed by atoms with Crippen LogP contribution < -0.4 is 14.4 Å². The maximum Gasteiger partial charge on any atom is 0.246 e. The topological polar surface area (TPSA) is 59.1 Å². The number of hydrogen-bond donors (Lipinski definition) is 0. The molecule has 2 aliphatic heterocycles. The van der Waals surface area contributed by atoms with Gasteiger partial charge in [-0.1, -0.05) is 24.3 Å². The van der Waals surface area contributed by atoms with Crippen LogP contribution in [0.5, 0.6) is 11.5 Å². The number of hydrogen-bond acceptors (Lipinski definition) is 4. The first-order chi connectivity index (χ1) is 14.6. The number of amides is 2. The molecule has 2 heterocycles. The first-order valence-corrected chi connectivity index (χ1v) is 10.4. The Kier molecular flexibility index (Phi) is 6.02. The predicted molar refractivity (Wildman–Crippen MR) is 116 cm³/mol. The molecule has 156 valence electrons. The fourth-order valence-electron chi connectivity index (χ4n) is 3.73. The fraction of sp³-hybridized carbons (Fsp3) is 0.333. The molecule has 2 amide bonds. The van der Waals surface area contributed by atoms with E-state index in [1.807, 2.05) is 60.4 Å². The van der Waals surface area contributed by atoms with Crippen LogP contribution in [0.15, 0.2) is 54.6 Å². The Labute approximate surface area is 176 Å². The second-order valence-electron chi connectivity index (χ2n) is 7.45. The van der Waals surface area contributed by atoms with Gasteiger partial charge in [-0.2, -0.15) is 0 Å². The second kappa shape index (κ2) is 9.03. The number of benzene rings is 2. The molecule has 0 radical (unpaired) electrons.